The van der Waals surface area contributed by atoms with Gasteiger partial charge in [0.25, 0.3) is 0 Å². The maximum absolute atomic E-state index is 12.1. The molecular formula is C14H19BrN2O3. The van der Waals surface area contributed by atoms with Gasteiger partial charge in [-0.15, -0.1) is 0 Å². The van der Waals surface area contributed by atoms with Crippen LogP contribution in [0.3, 0.4) is 0 Å². The van der Waals surface area contributed by atoms with Crippen molar-refractivity contribution < 1.29 is 14.7 Å². The molecule has 0 saturated carbocycles. The monoisotopic (exact) mass is 342 g/mol. The summed E-state index contributed by atoms with van der Waals surface area (Å²) < 4.78 is 0.941. The van der Waals surface area contributed by atoms with Crippen LogP contribution in [0.25, 0.3) is 0 Å². The van der Waals surface area contributed by atoms with E-state index in [1.807, 2.05) is 26.0 Å². The van der Waals surface area contributed by atoms with Gasteiger partial charge in [-0.25, -0.2) is 9.59 Å². The maximum atomic E-state index is 12.1. The Morgan fingerprint density at radius 1 is 1.35 bits per heavy atom. The van der Waals surface area contributed by atoms with Crippen LogP contribution in [-0.4, -0.2) is 35.1 Å². The summed E-state index contributed by atoms with van der Waals surface area (Å²) in [6.07, 6.45) is 0.359. The number of rotatable bonds is 4. The van der Waals surface area contributed by atoms with Crippen LogP contribution < -0.4 is 5.32 Å². The average Bonchev–Trinajstić information content (AvgIpc) is 2.33. The highest BCUT2D eigenvalue weighted by molar-refractivity contribution is 9.10. The molecule has 0 bridgehead atoms. The van der Waals surface area contributed by atoms with E-state index >= 15 is 0 Å². The summed E-state index contributed by atoms with van der Waals surface area (Å²) in [4.78, 5) is 24.4. The molecule has 6 heteroatoms. The van der Waals surface area contributed by atoms with E-state index in [1.54, 1.807) is 6.92 Å². The molecule has 1 rings (SSSR count). The molecule has 0 radical (unpaired) electrons. The number of aliphatic carboxylic acids is 1. The number of anilines is 1. The molecule has 0 aliphatic heterocycles. The third kappa shape index (κ3) is 3.72. The van der Waals surface area contributed by atoms with E-state index in [2.05, 4.69) is 21.2 Å². The highest BCUT2D eigenvalue weighted by atomic mass is 79.9. The van der Waals surface area contributed by atoms with Crippen molar-refractivity contribution in [3.05, 3.63) is 27.7 Å². The molecule has 0 aliphatic carbocycles. The number of nitrogens with zero attached hydrogens (tertiary/aromatic N) is 1. The fourth-order valence-corrected chi connectivity index (χ4v) is 2.75. The topological polar surface area (TPSA) is 69.6 Å². The van der Waals surface area contributed by atoms with Gasteiger partial charge in [-0.2, -0.15) is 0 Å². The second-order valence-corrected chi connectivity index (χ2v) is 5.63. The third-order valence-electron chi connectivity index (χ3n) is 3.19. The van der Waals surface area contributed by atoms with Crippen LogP contribution in [0.1, 0.15) is 24.5 Å². The summed E-state index contributed by atoms with van der Waals surface area (Å²) in [6.45, 7) is 5.52. The lowest BCUT2D eigenvalue weighted by Crippen LogP contribution is -2.44. The number of hydrogen-bond donors (Lipinski definition) is 2. The number of hydrogen-bond acceptors (Lipinski definition) is 2. The SMILES string of the molecule is CCC(C(=O)O)N(C)C(=O)Nc1c(C)cc(Br)cc1C. The Morgan fingerprint density at radius 3 is 2.25 bits per heavy atom. The molecular weight excluding hydrogens is 324 g/mol. The average molecular weight is 343 g/mol. The Hall–Kier alpha value is -1.56. The number of carboxylic acids is 1. The summed E-state index contributed by atoms with van der Waals surface area (Å²) in [5, 5.41) is 11.9. The molecule has 2 amide bonds. The minimum atomic E-state index is -1.01. The summed E-state index contributed by atoms with van der Waals surface area (Å²) in [5.74, 6) is -1.01. The summed E-state index contributed by atoms with van der Waals surface area (Å²) in [7, 11) is 1.49. The van der Waals surface area contributed by atoms with Crippen molar-refractivity contribution in [2.24, 2.45) is 0 Å². The summed E-state index contributed by atoms with van der Waals surface area (Å²) >= 11 is 3.39. The second kappa shape index (κ2) is 6.74. The zero-order valence-corrected chi connectivity index (χ0v) is 13.6. The lowest BCUT2D eigenvalue weighted by Gasteiger charge is -2.25. The molecule has 0 fully saturated rings. The van der Waals surface area contributed by atoms with E-state index in [0.717, 1.165) is 15.6 Å². The van der Waals surface area contributed by atoms with Crippen molar-refractivity contribution in [3.63, 3.8) is 0 Å². The number of halogens is 1. The van der Waals surface area contributed by atoms with E-state index in [-0.39, 0.29) is 0 Å². The number of carboxylic acid groups (broad SMARTS) is 1. The number of aryl methyl sites for hydroxylation is 2. The first kappa shape index (κ1) is 16.5. The predicted octanol–water partition coefficient (Wildman–Crippen LogP) is 3.39. The number of amides is 2. The fraction of sp³-hybridized carbons (Fsp3) is 0.429. The van der Waals surface area contributed by atoms with Gasteiger partial charge in [-0.05, 0) is 43.5 Å². The highest BCUT2D eigenvalue weighted by Crippen LogP contribution is 2.25. The van der Waals surface area contributed by atoms with E-state index in [0.29, 0.717) is 12.1 Å². The molecule has 20 heavy (non-hydrogen) atoms. The fourth-order valence-electron chi connectivity index (χ4n) is 2.06. The van der Waals surface area contributed by atoms with Crippen molar-refractivity contribution in [1.29, 1.82) is 0 Å². The normalized spacial score (nSPS) is 11.8. The minimum Gasteiger partial charge on any atom is -0.480 e. The first-order valence-corrected chi connectivity index (χ1v) is 7.10. The highest BCUT2D eigenvalue weighted by Gasteiger charge is 2.25. The number of urea groups is 1. The minimum absolute atomic E-state index is 0.359. The van der Waals surface area contributed by atoms with Crippen LogP contribution in [0.4, 0.5) is 10.5 Å². The van der Waals surface area contributed by atoms with Gasteiger partial charge in [0.15, 0.2) is 0 Å². The van der Waals surface area contributed by atoms with Crippen molar-refractivity contribution in [1.82, 2.24) is 4.90 Å². The summed E-state index contributed by atoms with van der Waals surface area (Å²) in [6, 6.07) is 2.55. The molecule has 0 heterocycles. The zero-order chi connectivity index (χ0) is 15.4. The molecule has 1 atom stereocenters. The van der Waals surface area contributed by atoms with Gasteiger partial charge in [0.1, 0.15) is 6.04 Å². The predicted molar refractivity (Wildman–Crippen MR) is 82.1 cm³/mol. The van der Waals surface area contributed by atoms with Crippen molar-refractivity contribution >= 4 is 33.6 Å². The Bertz CT molecular complexity index is 508. The molecule has 2 N–H and O–H groups in total. The van der Waals surface area contributed by atoms with Gasteiger partial charge in [0.2, 0.25) is 0 Å². The van der Waals surface area contributed by atoms with Gasteiger partial charge in [0, 0.05) is 17.2 Å². The van der Waals surface area contributed by atoms with Gasteiger partial charge < -0.3 is 15.3 Å². The molecule has 0 aliphatic rings. The van der Waals surface area contributed by atoms with Gasteiger partial charge in [-0.1, -0.05) is 22.9 Å². The van der Waals surface area contributed by atoms with E-state index in [1.165, 1.54) is 11.9 Å². The number of likely N-dealkylation sites (N-methyl/N-ethyl adjacent to an activating group) is 1. The maximum Gasteiger partial charge on any atom is 0.326 e. The first-order chi connectivity index (χ1) is 9.27. The smallest absolute Gasteiger partial charge is 0.326 e. The van der Waals surface area contributed by atoms with Gasteiger partial charge in [-0.3, -0.25) is 0 Å². The van der Waals surface area contributed by atoms with Crippen LogP contribution in [0.5, 0.6) is 0 Å². The van der Waals surface area contributed by atoms with E-state index in [4.69, 9.17) is 5.11 Å². The van der Waals surface area contributed by atoms with Crippen LogP contribution in [0, 0.1) is 13.8 Å². The molecule has 1 unspecified atom stereocenters. The lowest BCUT2D eigenvalue weighted by atomic mass is 10.1. The van der Waals surface area contributed by atoms with E-state index < -0.39 is 18.0 Å². The van der Waals surface area contributed by atoms with E-state index in [9.17, 15) is 9.59 Å². The largest absolute Gasteiger partial charge is 0.480 e. The molecule has 0 saturated heterocycles. The first-order valence-electron chi connectivity index (χ1n) is 6.31. The molecule has 5 nitrogen and oxygen atoms in total. The molecule has 0 aromatic heterocycles. The Balaban J connectivity index is 2.94. The number of carbonyl (C=O) groups is 2. The van der Waals surface area contributed by atoms with Crippen LogP contribution in [0.15, 0.2) is 16.6 Å². The van der Waals surface area contributed by atoms with Gasteiger partial charge >= 0.3 is 12.0 Å². The van der Waals surface area contributed by atoms with Crippen LogP contribution in [-0.2, 0) is 4.79 Å². The Kier molecular flexibility index (Phi) is 5.56. The van der Waals surface area contributed by atoms with Gasteiger partial charge in [0.05, 0.1) is 0 Å². The molecule has 1 aromatic rings. The number of nitrogens with one attached hydrogen (secondary N) is 1. The zero-order valence-electron chi connectivity index (χ0n) is 12.0. The summed E-state index contributed by atoms with van der Waals surface area (Å²) in [5.41, 5.74) is 2.55. The molecule has 0 spiro atoms. The molecule has 110 valence electrons. The third-order valence-corrected chi connectivity index (χ3v) is 3.65. The second-order valence-electron chi connectivity index (χ2n) is 4.72. The van der Waals surface area contributed by atoms with Crippen molar-refractivity contribution in [2.75, 3.05) is 12.4 Å². The standard InChI is InChI=1S/C14H19BrN2O3/c1-5-11(13(18)19)17(4)14(20)16-12-8(2)6-10(15)7-9(12)3/h6-7,11H,5H2,1-4H3,(H,16,20)(H,18,19). The Labute approximate surface area is 127 Å². The van der Waals surface area contributed by atoms with Crippen molar-refractivity contribution in [2.45, 2.75) is 33.2 Å². The Morgan fingerprint density at radius 2 is 1.85 bits per heavy atom. The number of carbonyl (C=O) groups excluding carboxylic acids is 1. The molecule has 1 aromatic carbocycles. The van der Waals surface area contributed by atoms with Crippen LogP contribution >= 0.6 is 15.9 Å². The lowest BCUT2D eigenvalue weighted by molar-refractivity contribution is -0.141. The van der Waals surface area contributed by atoms with Crippen molar-refractivity contribution in [3.8, 4) is 0 Å². The quantitative estimate of drug-likeness (QED) is 0.880. The number of benzene rings is 1. The van der Waals surface area contributed by atoms with Crippen LogP contribution in [0.2, 0.25) is 0 Å².